The number of amides is 1. The van der Waals surface area contributed by atoms with Crippen LogP contribution in [-0.2, 0) is 4.79 Å². The SMILES string of the molecule is CC1CCCNC1C(=O)NCCN. The molecule has 4 heteroatoms. The van der Waals surface area contributed by atoms with E-state index >= 15 is 0 Å². The topological polar surface area (TPSA) is 67.2 Å². The maximum Gasteiger partial charge on any atom is 0.237 e. The number of nitrogens with two attached hydrogens (primary N) is 1. The van der Waals surface area contributed by atoms with Gasteiger partial charge in [-0.05, 0) is 25.3 Å². The molecule has 0 aromatic heterocycles. The average molecular weight is 185 g/mol. The Bertz CT molecular complexity index is 172. The summed E-state index contributed by atoms with van der Waals surface area (Å²) in [5.41, 5.74) is 5.31. The van der Waals surface area contributed by atoms with Gasteiger partial charge in [0.2, 0.25) is 5.91 Å². The van der Waals surface area contributed by atoms with Crippen LogP contribution >= 0.6 is 0 Å². The molecule has 1 rings (SSSR count). The lowest BCUT2D eigenvalue weighted by molar-refractivity contribution is -0.124. The van der Waals surface area contributed by atoms with E-state index in [1.54, 1.807) is 0 Å². The van der Waals surface area contributed by atoms with E-state index in [2.05, 4.69) is 17.6 Å². The average Bonchev–Trinajstić information content (AvgIpc) is 2.15. The molecular formula is C9H19N3O. The summed E-state index contributed by atoms with van der Waals surface area (Å²) in [5.74, 6) is 0.532. The molecule has 0 spiro atoms. The molecule has 0 radical (unpaired) electrons. The molecule has 0 saturated carbocycles. The molecule has 0 aliphatic carbocycles. The van der Waals surface area contributed by atoms with Gasteiger partial charge in [0.25, 0.3) is 0 Å². The molecule has 1 amide bonds. The lowest BCUT2D eigenvalue weighted by atomic mass is 9.92. The number of carbonyl (C=O) groups is 1. The van der Waals surface area contributed by atoms with Gasteiger partial charge in [0.05, 0.1) is 6.04 Å². The maximum atomic E-state index is 11.5. The number of carbonyl (C=O) groups excluding carboxylic acids is 1. The fourth-order valence-corrected chi connectivity index (χ4v) is 1.71. The van der Waals surface area contributed by atoms with Crippen molar-refractivity contribution in [1.82, 2.24) is 10.6 Å². The van der Waals surface area contributed by atoms with Crippen molar-refractivity contribution in [2.75, 3.05) is 19.6 Å². The molecular weight excluding hydrogens is 166 g/mol. The Morgan fingerprint density at radius 1 is 1.69 bits per heavy atom. The van der Waals surface area contributed by atoms with E-state index in [-0.39, 0.29) is 11.9 Å². The standard InChI is InChI=1S/C9H19N3O/c1-7-3-2-5-11-8(7)9(13)12-6-4-10/h7-8,11H,2-6,10H2,1H3,(H,12,13). The van der Waals surface area contributed by atoms with Gasteiger partial charge >= 0.3 is 0 Å². The highest BCUT2D eigenvalue weighted by molar-refractivity contribution is 5.82. The maximum absolute atomic E-state index is 11.5. The molecule has 1 heterocycles. The predicted octanol–water partition coefficient (Wildman–Crippen LogP) is -0.551. The Hall–Kier alpha value is -0.610. The Labute approximate surface area is 79.3 Å². The molecule has 1 fully saturated rings. The molecule has 2 atom stereocenters. The highest BCUT2D eigenvalue weighted by Gasteiger charge is 2.26. The van der Waals surface area contributed by atoms with E-state index in [4.69, 9.17) is 5.73 Å². The van der Waals surface area contributed by atoms with Crippen LogP contribution in [0.3, 0.4) is 0 Å². The molecule has 0 aromatic rings. The van der Waals surface area contributed by atoms with Gasteiger partial charge in [0, 0.05) is 13.1 Å². The normalized spacial score (nSPS) is 28.5. The van der Waals surface area contributed by atoms with E-state index in [0.717, 1.165) is 13.0 Å². The summed E-state index contributed by atoms with van der Waals surface area (Å²) in [6, 6.07) is -0.0136. The predicted molar refractivity (Wildman–Crippen MR) is 52.3 cm³/mol. The van der Waals surface area contributed by atoms with Crippen LogP contribution in [0.15, 0.2) is 0 Å². The van der Waals surface area contributed by atoms with Crippen LogP contribution < -0.4 is 16.4 Å². The molecule has 4 N–H and O–H groups in total. The largest absolute Gasteiger partial charge is 0.353 e. The number of hydrogen-bond acceptors (Lipinski definition) is 3. The van der Waals surface area contributed by atoms with Gasteiger partial charge in [-0.1, -0.05) is 6.92 Å². The zero-order chi connectivity index (χ0) is 9.68. The Kier molecular flexibility index (Phi) is 4.18. The molecule has 0 bridgehead atoms. The minimum Gasteiger partial charge on any atom is -0.353 e. The Morgan fingerprint density at radius 3 is 3.08 bits per heavy atom. The van der Waals surface area contributed by atoms with Crippen molar-refractivity contribution in [1.29, 1.82) is 0 Å². The molecule has 13 heavy (non-hydrogen) atoms. The van der Waals surface area contributed by atoms with Crippen molar-refractivity contribution >= 4 is 5.91 Å². The molecule has 0 aromatic carbocycles. The smallest absolute Gasteiger partial charge is 0.237 e. The summed E-state index contributed by atoms with van der Waals surface area (Å²) < 4.78 is 0. The van der Waals surface area contributed by atoms with E-state index < -0.39 is 0 Å². The van der Waals surface area contributed by atoms with Crippen molar-refractivity contribution < 1.29 is 4.79 Å². The van der Waals surface area contributed by atoms with Crippen LogP contribution in [0, 0.1) is 5.92 Å². The zero-order valence-electron chi connectivity index (χ0n) is 8.18. The van der Waals surface area contributed by atoms with Gasteiger partial charge in [-0.3, -0.25) is 4.79 Å². The Balaban J connectivity index is 2.35. The van der Waals surface area contributed by atoms with E-state index in [9.17, 15) is 4.79 Å². The van der Waals surface area contributed by atoms with Crippen molar-refractivity contribution in [3.05, 3.63) is 0 Å². The third-order valence-electron chi connectivity index (χ3n) is 2.50. The number of rotatable bonds is 3. The summed E-state index contributed by atoms with van der Waals surface area (Å²) in [6.45, 7) is 4.14. The highest BCUT2D eigenvalue weighted by atomic mass is 16.2. The summed E-state index contributed by atoms with van der Waals surface area (Å²) in [7, 11) is 0. The van der Waals surface area contributed by atoms with Crippen LogP contribution in [0.5, 0.6) is 0 Å². The summed E-state index contributed by atoms with van der Waals surface area (Å²) in [6.07, 6.45) is 2.30. The van der Waals surface area contributed by atoms with Crippen LogP contribution in [0.4, 0.5) is 0 Å². The number of piperidine rings is 1. The van der Waals surface area contributed by atoms with Crippen molar-refractivity contribution in [2.24, 2.45) is 11.7 Å². The molecule has 2 unspecified atom stereocenters. The number of hydrogen-bond donors (Lipinski definition) is 3. The van der Waals surface area contributed by atoms with E-state index in [1.807, 2.05) is 0 Å². The third kappa shape index (κ3) is 2.97. The minimum absolute atomic E-state index is 0.0136. The second-order valence-electron chi connectivity index (χ2n) is 3.63. The minimum atomic E-state index is -0.0136. The first-order valence-corrected chi connectivity index (χ1v) is 4.97. The first-order chi connectivity index (χ1) is 6.25. The summed E-state index contributed by atoms with van der Waals surface area (Å²) in [5, 5.41) is 6.03. The fraction of sp³-hybridized carbons (Fsp3) is 0.889. The van der Waals surface area contributed by atoms with E-state index in [1.165, 1.54) is 6.42 Å². The molecule has 1 aliphatic heterocycles. The van der Waals surface area contributed by atoms with Gasteiger partial charge in [-0.2, -0.15) is 0 Å². The fourth-order valence-electron chi connectivity index (χ4n) is 1.71. The first kappa shape index (κ1) is 10.5. The van der Waals surface area contributed by atoms with E-state index in [0.29, 0.717) is 19.0 Å². The van der Waals surface area contributed by atoms with Crippen molar-refractivity contribution in [2.45, 2.75) is 25.8 Å². The monoisotopic (exact) mass is 185 g/mol. The van der Waals surface area contributed by atoms with Gasteiger partial charge in [0.1, 0.15) is 0 Å². The van der Waals surface area contributed by atoms with Crippen LogP contribution in [-0.4, -0.2) is 31.6 Å². The van der Waals surface area contributed by atoms with Crippen molar-refractivity contribution in [3.63, 3.8) is 0 Å². The molecule has 1 aliphatic rings. The van der Waals surface area contributed by atoms with Gasteiger partial charge in [0.15, 0.2) is 0 Å². The third-order valence-corrected chi connectivity index (χ3v) is 2.50. The quantitative estimate of drug-likeness (QED) is 0.552. The summed E-state index contributed by atoms with van der Waals surface area (Å²) >= 11 is 0. The van der Waals surface area contributed by atoms with Crippen LogP contribution in [0.25, 0.3) is 0 Å². The van der Waals surface area contributed by atoms with Crippen LogP contribution in [0.2, 0.25) is 0 Å². The van der Waals surface area contributed by atoms with Gasteiger partial charge in [-0.15, -0.1) is 0 Å². The van der Waals surface area contributed by atoms with Gasteiger partial charge in [-0.25, -0.2) is 0 Å². The lowest BCUT2D eigenvalue weighted by Crippen LogP contribution is -2.51. The zero-order valence-corrected chi connectivity index (χ0v) is 8.18. The van der Waals surface area contributed by atoms with Gasteiger partial charge < -0.3 is 16.4 Å². The molecule has 76 valence electrons. The number of nitrogens with one attached hydrogen (secondary N) is 2. The lowest BCUT2D eigenvalue weighted by Gasteiger charge is -2.28. The van der Waals surface area contributed by atoms with Crippen molar-refractivity contribution in [3.8, 4) is 0 Å². The molecule has 4 nitrogen and oxygen atoms in total. The Morgan fingerprint density at radius 2 is 2.46 bits per heavy atom. The van der Waals surface area contributed by atoms with Crippen LogP contribution in [0.1, 0.15) is 19.8 Å². The second kappa shape index (κ2) is 5.19. The summed E-state index contributed by atoms with van der Waals surface area (Å²) in [4.78, 5) is 11.5. The molecule has 1 saturated heterocycles. The first-order valence-electron chi connectivity index (χ1n) is 4.97. The second-order valence-corrected chi connectivity index (χ2v) is 3.63. The highest BCUT2D eigenvalue weighted by Crippen LogP contribution is 2.15.